The molecule has 0 atom stereocenters. The molecule has 1 N–H and O–H groups in total. The molecule has 0 aliphatic heterocycles. The number of benzene rings is 1. The van der Waals surface area contributed by atoms with Gasteiger partial charge in [-0.2, -0.15) is 0 Å². The Hall–Kier alpha value is -1.63. The van der Waals surface area contributed by atoms with Crippen LogP contribution in [0.2, 0.25) is 5.02 Å². The highest BCUT2D eigenvalue weighted by molar-refractivity contribution is 6.31. The number of aryl methyl sites for hydroxylation is 1. The Morgan fingerprint density at radius 1 is 1.35 bits per heavy atom. The van der Waals surface area contributed by atoms with Crippen molar-refractivity contribution in [1.82, 2.24) is 15.0 Å². The average molecular weight is 298 g/mol. The molecule has 0 amide bonds. The minimum atomic E-state index is -0.201. The van der Waals surface area contributed by atoms with Crippen LogP contribution in [-0.4, -0.2) is 34.3 Å². The smallest absolute Gasteiger partial charge is 0.146 e. The van der Waals surface area contributed by atoms with Gasteiger partial charge in [-0.1, -0.05) is 16.8 Å². The number of methoxy groups -OCH3 is 2. The number of hydrogen-bond donors (Lipinski definition) is 1. The van der Waals surface area contributed by atoms with Crippen LogP contribution in [0.4, 0.5) is 0 Å². The molecule has 0 saturated heterocycles. The summed E-state index contributed by atoms with van der Waals surface area (Å²) in [5.74, 6) is 0.576. The third-order valence-electron chi connectivity index (χ3n) is 2.96. The van der Waals surface area contributed by atoms with E-state index in [4.69, 9.17) is 21.1 Å². The maximum atomic E-state index is 9.31. The molecule has 20 heavy (non-hydrogen) atoms. The molecule has 0 aliphatic carbocycles. The van der Waals surface area contributed by atoms with Crippen LogP contribution < -0.4 is 4.74 Å². The first kappa shape index (κ1) is 14.8. The molecule has 1 aromatic heterocycles. The maximum Gasteiger partial charge on any atom is 0.146 e. The largest absolute Gasteiger partial charge is 0.494 e. The first-order valence-electron chi connectivity index (χ1n) is 6.00. The molecule has 6 nitrogen and oxygen atoms in total. The Bertz CT molecular complexity index is 613. The molecular formula is C13H16ClN3O3. The standard InChI is InChI=1S/C13H16ClN3O3/c1-8-4-11(13(20-3)5-9(8)14)17-12(7-19-2)10(6-18)15-16-17/h4-5,18H,6-7H2,1-3H3. The summed E-state index contributed by atoms with van der Waals surface area (Å²) in [6.45, 7) is 1.98. The third-order valence-corrected chi connectivity index (χ3v) is 3.37. The first-order chi connectivity index (χ1) is 9.62. The summed E-state index contributed by atoms with van der Waals surface area (Å²) in [5, 5.41) is 17.9. The van der Waals surface area contributed by atoms with Gasteiger partial charge in [-0.3, -0.25) is 0 Å². The van der Waals surface area contributed by atoms with Crippen molar-refractivity contribution < 1.29 is 14.6 Å². The number of hydrogen-bond acceptors (Lipinski definition) is 5. The van der Waals surface area contributed by atoms with Gasteiger partial charge < -0.3 is 14.6 Å². The Kier molecular flexibility index (Phi) is 4.59. The summed E-state index contributed by atoms with van der Waals surface area (Å²) < 4.78 is 12.1. The van der Waals surface area contributed by atoms with Gasteiger partial charge in [0.25, 0.3) is 0 Å². The van der Waals surface area contributed by atoms with Crippen molar-refractivity contribution >= 4 is 11.6 Å². The molecule has 0 radical (unpaired) electrons. The van der Waals surface area contributed by atoms with E-state index in [-0.39, 0.29) is 13.2 Å². The Labute approximate surface area is 121 Å². The van der Waals surface area contributed by atoms with E-state index in [1.807, 2.05) is 13.0 Å². The summed E-state index contributed by atoms with van der Waals surface area (Å²) in [6.07, 6.45) is 0. The molecule has 0 unspecified atom stereocenters. The van der Waals surface area contributed by atoms with Crippen LogP contribution >= 0.6 is 11.6 Å². The highest BCUT2D eigenvalue weighted by Crippen LogP contribution is 2.30. The molecule has 2 aromatic rings. The average Bonchev–Trinajstić information content (AvgIpc) is 2.84. The molecule has 1 heterocycles. The van der Waals surface area contributed by atoms with E-state index in [1.165, 1.54) is 0 Å². The summed E-state index contributed by atoms with van der Waals surface area (Å²) >= 11 is 6.10. The molecule has 108 valence electrons. The zero-order valence-electron chi connectivity index (χ0n) is 11.6. The van der Waals surface area contributed by atoms with Gasteiger partial charge in [-0.25, -0.2) is 4.68 Å². The van der Waals surface area contributed by atoms with Gasteiger partial charge in [-0.15, -0.1) is 5.10 Å². The molecule has 0 saturated carbocycles. The van der Waals surface area contributed by atoms with Crippen molar-refractivity contribution in [1.29, 1.82) is 0 Å². The monoisotopic (exact) mass is 297 g/mol. The van der Waals surface area contributed by atoms with Gasteiger partial charge in [-0.05, 0) is 18.6 Å². The van der Waals surface area contributed by atoms with Gasteiger partial charge >= 0.3 is 0 Å². The zero-order valence-corrected chi connectivity index (χ0v) is 12.3. The molecule has 0 fully saturated rings. The van der Waals surface area contributed by atoms with E-state index in [0.717, 1.165) is 5.56 Å². The van der Waals surface area contributed by atoms with Crippen molar-refractivity contribution in [3.05, 3.63) is 34.1 Å². The lowest BCUT2D eigenvalue weighted by atomic mass is 10.2. The van der Waals surface area contributed by atoms with Crippen molar-refractivity contribution in [2.75, 3.05) is 14.2 Å². The predicted octanol–water partition coefficient (Wildman–Crippen LogP) is 1.88. The first-order valence-corrected chi connectivity index (χ1v) is 6.38. The lowest BCUT2D eigenvalue weighted by Crippen LogP contribution is -2.07. The number of nitrogens with zero attached hydrogens (tertiary/aromatic N) is 3. The van der Waals surface area contributed by atoms with E-state index >= 15 is 0 Å². The number of aliphatic hydroxyl groups excluding tert-OH is 1. The van der Waals surface area contributed by atoms with Crippen LogP contribution in [0, 0.1) is 6.92 Å². The van der Waals surface area contributed by atoms with Crippen LogP contribution in [-0.2, 0) is 18.0 Å². The Morgan fingerprint density at radius 2 is 2.10 bits per heavy atom. The van der Waals surface area contributed by atoms with E-state index in [0.29, 0.717) is 27.8 Å². The second-order valence-corrected chi connectivity index (χ2v) is 4.67. The highest BCUT2D eigenvalue weighted by Gasteiger charge is 2.17. The topological polar surface area (TPSA) is 69.4 Å². The molecule has 1 aromatic carbocycles. The quantitative estimate of drug-likeness (QED) is 0.912. The maximum absolute atomic E-state index is 9.31. The van der Waals surface area contributed by atoms with Crippen molar-refractivity contribution in [3.8, 4) is 11.4 Å². The predicted molar refractivity (Wildman–Crippen MR) is 74.3 cm³/mol. The summed E-state index contributed by atoms with van der Waals surface area (Å²) in [6, 6.07) is 3.58. The molecule has 7 heteroatoms. The minimum absolute atomic E-state index is 0.201. The lowest BCUT2D eigenvalue weighted by molar-refractivity contribution is 0.175. The van der Waals surface area contributed by atoms with Crippen LogP contribution in [0.1, 0.15) is 17.0 Å². The van der Waals surface area contributed by atoms with E-state index < -0.39 is 0 Å². The SMILES string of the molecule is COCc1c(CO)nnn1-c1cc(C)c(Cl)cc1OC. The molecule has 0 spiro atoms. The van der Waals surface area contributed by atoms with Gasteiger partial charge in [0, 0.05) is 18.2 Å². The number of ether oxygens (including phenoxy) is 2. The van der Waals surface area contributed by atoms with Crippen LogP contribution in [0.5, 0.6) is 5.75 Å². The van der Waals surface area contributed by atoms with E-state index in [1.54, 1.807) is 25.0 Å². The number of halogens is 1. The van der Waals surface area contributed by atoms with Crippen molar-refractivity contribution in [3.63, 3.8) is 0 Å². The lowest BCUT2D eigenvalue weighted by Gasteiger charge is -2.13. The summed E-state index contributed by atoms with van der Waals surface area (Å²) in [4.78, 5) is 0. The summed E-state index contributed by atoms with van der Waals surface area (Å²) in [7, 11) is 3.13. The van der Waals surface area contributed by atoms with Crippen LogP contribution in [0.15, 0.2) is 12.1 Å². The fourth-order valence-corrected chi connectivity index (χ4v) is 2.06. The van der Waals surface area contributed by atoms with E-state index in [2.05, 4.69) is 10.3 Å². The third kappa shape index (κ3) is 2.63. The fourth-order valence-electron chi connectivity index (χ4n) is 1.91. The van der Waals surface area contributed by atoms with Gasteiger partial charge in [0.15, 0.2) is 0 Å². The van der Waals surface area contributed by atoms with Crippen molar-refractivity contribution in [2.24, 2.45) is 0 Å². The highest BCUT2D eigenvalue weighted by atomic mass is 35.5. The second-order valence-electron chi connectivity index (χ2n) is 4.26. The van der Waals surface area contributed by atoms with Gasteiger partial charge in [0.05, 0.1) is 26.0 Å². The van der Waals surface area contributed by atoms with Crippen LogP contribution in [0.25, 0.3) is 5.69 Å². The number of aliphatic hydroxyl groups is 1. The second kappa shape index (κ2) is 6.21. The van der Waals surface area contributed by atoms with Gasteiger partial charge in [0.2, 0.25) is 0 Å². The molecule has 0 aliphatic rings. The molecular weight excluding hydrogens is 282 g/mol. The molecule has 0 bridgehead atoms. The minimum Gasteiger partial charge on any atom is -0.494 e. The Morgan fingerprint density at radius 3 is 2.70 bits per heavy atom. The molecule has 2 rings (SSSR count). The summed E-state index contributed by atoms with van der Waals surface area (Å²) in [5.41, 5.74) is 2.75. The van der Waals surface area contributed by atoms with Gasteiger partial charge in [0.1, 0.15) is 17.1 Å². The van der Waals surface area contributed by atoms with E-state index in [9.17, 15) is 5.11 Å². The normalized spacial score (nSPS) is 10.8. The van der Waals surface area contributed by atoms with Crippen molar-refractivity contribution in [2.45, 2.75) is 20.1 Å². The fraction of sp³-hybridized carbons (Fsp3) is 0.385. The Balaban J connectivity index is 2.61. The number of aromatic nitrogens is 3. The zero-order chi connectivity index (χ0) is 14.7. The number of rotatable bonds is 5. The van der Waals surface area contributed by atoms with Crippen LogP contribution in [0.3, 0.4) is 0 Å².